The summed E-state index contributed by atoms with van der Waals surface area (Å²) in [5.74, 6) is 1.95. The topological polar surface area (TPSA) is 90.7 Å². The van der Waals surface area contributed by atoms with E-state index in [9.17, 15) is 4.79 Å². The van der Waals surface area contributed by atoms with Crippen molar-refractivity contribution in [3.05, 3.63) is 125 Å². The smallest absolute Gasteiger partial charge is 0.255 e. The highest BCUT2D eigenvalue weighted by Gasteiger charge is 2.19. The highest BCUT2D eigenvalue weighted by molar-refractivity contribution is 6.05. The molecule has 5 aromatic rings. The molecule has 0 aliphatic carbocycles. The van der Waals surface area contributed by atoms with Crippen molar-refractivity contribution < 1.29 is 19.0 Å². The van der Waals surface area contributed by atoms with Crippen LogP contribution in [-0.2, 0) is 26.0 Å². The number of anilines is 1. The lowest BCUT2D eigenvalue weighted by atomic mass is 9.98. The molecule has 1 aromatic heterocycles. The molecular formula is C36H37N5O4. The summed E-state index contributed by atoms with van der Waals surface area (Å²) >= 11 is 0. The van der Waals surface area contributed by atoms with Crippen LogP contribution in [0.25, 0.3) is 5.69 Å². The first-order chi connectivity index (χ1) is 22.0. The quantitative estimate of drug-likeness (QED) is 0.197. The fourth-order valence-corrected chi connectivity index (χ4v) is 5.47. The zero-order chi connectivity index (χ0) is 31.2. The summed E-state index contributed by atoms with van der Waals surface area (Å²) in [6.45, 7) is 5.11. The van der Waals surface area contributed by atoms with Crippen LogP contribution in [0.3, 0.4) is 0 Å². The van der Waals surface area contributed by atoms with Gasteiger partial charge in [0.15, 0.2) is 11.5 Å². The van der Waals surface area contributed by atoms with Crippen LogP contribution in [0.5, 0.6) is 17.2 Å². The third kappa shape index (κ3) is 7.16. The minimum Gasteiger partial charge on any atom is -0.493 e. The fourth-order valence-electron chi connectivity index (χ4n) is 5.47. The van der Waals surface area contributed by atoms with E-state index in [1.807, 2.05) is 61.7 Å². The number of ether oxygens (including phenoxy) is 3. The second-order valence-corrected chi connectivity index (χ2v) is 11.2. The number of carbonyl (C=O) groups excluding carboxylic acids is 1. The average Bonchev–Trinajstić information content (AvgIpc) is 3.56. The minimum atomic E-state index is -0.191. The summed E-state index contributed by atoms with van der Waals surface area (Å²) in [4.78, 5) is 15.2. The van der Waals surface area contributed by atoms with Crippen molar-refractivity contribution in [2.24, 2.45) is 0 Å². The van der Waals surface area contributed by atoms with Crippen molar-refractivity contribution >= 4 is 11.6 Å². The number of para-hydroxylation sites is 2. The first-order valence-electron chi connectivity index (χ1n) is 15.1. The Kier molecular flexibility index (Phi) is 9.07. The molecule has 1 aliphatic rings. The molecule has 9 heteroatoms. The number of aryl methyl sites for hydroxylation is 1. The Hall–Kier alpha value is -5.15. The number of aromatic nitrogens is 3. The summed E-state index contributed by atoms with van der Waals surface area (Å²) in [7, 11) is 3.36. The number of fused-ring (bicyclic) bond motifs is 1. The standard InChI is InChI=1S/C36H37N5O4/c1-25-8-12-27(13-9-25)36(42)37-32-6-4-5-7-33(32)45-24-30-23-41(39-38-30)31-14-10-26(11-15-31)16-18-40-19-17-28-20-34(43-2)35(44-3)21-29(28)22-40/h4-15,20-21,23H,16-19,22,24H2,1-3H3,(H,37,42). The van der Waals surface area contributed by atoms with E-state index < -0.39 is 0 Å². The van der Waals surface area contributed by atoms with Crippen LogP contribution >= 0.6 is 0 Å². The predicted molar refractivity (Wildman–Crippen MR) is 173 cm³/mol. The number of carbonyl (C=O) groups is 1. The maximum absolute atomic E-state index is 12.7. The lowest BCUT2D eigenvalue weighted by Gasteiger charge is -2.29. The summed E-state index contributed by atoms with van der Waals surface area (Å²) in [5.41, 5.74) is 7.79. The molecule has 0 fully saturated rings. The molecule has 1 amide bonds. The van der Waals surface area contributed by atoms with E-state index in [1.54, 1.807) is 18.9 Å². The van der Waals surface area contributed by atoms with Gasteiger partial charge in [-0.25, -0.2) is 4.68 Å². The van der Waals surface area contributed by atoms with Gasteiger partial charge in [0, 0.05) is 25.2 Å². The Morgan fingerprint density at radius 2 is 1.62 bits per heavy atom. The van der Waals surface area contributed by atoms with Gasteiger partial charge in [0.25, 0.3) is 5.91 Å². The molecule has 45 heavy (non-hydrogen) atoms. The average molecular weight is 604 g/mol. The summed E-state index contributed by atoms with van der Waals surface area (Å²) < 4.78 is 18.8. The zero-order valence-electron chi connectivity index (χ0n) is 25.8. The number of rotatable bonds is 11. The lowest BCUT2D eigenvalue weighted by molar-refractivity contribution is 0.102. The molecular weight excluding hydrogens is 566 g/mol. The highest BCUT2D eigenvalue weighted by Crippen LogP contribution is 2.33. The van der Waals surface area contributed by atoms with Crippen molar-refractivity contribution in [3.8, 4) is 22.9 Å². The monoisotopic (exact) mass is 603 g/mol. The normalized spacial score (nSPS) is 12.8. The van der Waals surface area contributed by atoms with Gasteiger partial charge < -0.3 is 19.5 Å². The maximum Gasteiger partial charge on any atom is 0.255 e. The SMILES string of the molecule is COc1cc2c(cc1OC)CN(CCc1ccc(-n3cc(COc4ccccc4NC(=O)c4ccc(C)cc4)nn3)cc1)CC2. The number of nitrogens with one attached hydrogen (secondary N) is 1. The second-order valence-electron chi connectivity index (χ2n) is 11.2. The predicted octanol–water partition coefficient (Wildman–Crippen LogP) is 6.03. The van der Waals surface area contributed by atoms with E-state index in [1.165, 1.54) is 16.7 Å². The van der Waals surface area contributed by atoms with E-state index in [0.29, 0.717) is 22.7 Å². The van der Waals surface area contributed by atoms with Crippen molar-refractivity contribution in [1.82, 2.24) is 19.9 Å². The van der Waals surface area contributed by atoms with Crippen LogP contribution in [0, 0.1) is 6.92 Å². The molecule has 1 N–H and O–H groups in total. The van der Waals surface area contributed by atoms with Crippen molar-refractivity contribution in [2.75, 3.05) is 32.6 Å². The van der Waals surface area contributed by atoms with Gasteiger partial charge in [-0.05, 0) is 85.0 Å². The fraction of sp³-hybridized carbons (Fsp3) is 0.250. The Morgan fingerprint density at radius 1 is 0.889 bits per heavy atom. The van der Waals surface area contributed by atoms with Gasteiger partial charge in [-0.3, -0.25) is 9.69 Å². The molecule has 6 rings (SSSR count). The molecule has 0 saturated carbocycles. The number of hydrogen-bond donors (Lipinski definition) is 1. The van der Waals surface area contributed by atoms with Crippen LogP contribution in [-0.4, -0.2) is 53.1 Å². The van der Waals surface area contributed by atoms with E-state index in [4.69, 9.17) is 14.2 Å². The van der Waals surface area contributed by atoms with Gasteiger partial charge >= 0.3 is 0 Å². The molecule has 0 unspecified atom stereocenters. The van der Waals surface area contributed by atoms with E-state index in [2.05, 4.69) is 56.9 Å². The molecule has 9 nitrogen and oxygen atoms in total. The Bertz CT molecular complexity index is 1770. The largest absolute Gasteiger partial charge is 0.493 e. The van der Waals surface area contributed by atoms with Crippen LogP contribution in [0.1, 0.15) is 38.3 Å². The third-order valence-corrected chi connectivity index (χ3v) is 8.08. The first kappa shape index (κ1) is 29.9. The lowest BCUT2D eigenvalue weighted by Crippen LogP contribution is -2.32. The molecule has 0 bridgehead atoms. The zero-order valence-corrected chi connectivity index (χ0v) is 25.8. The van der Waals surface area contributed by atoms with E-state index in [0.717, 1.165) is 55.2 Å². The van der Waals surface area contributed by atoms with E-state index in [-0.39, 0.29) is 12.5 Å². The van der Waals surface area contributed by atoms with Gasteiger partial charge in [-0.15, -0.1) is 5.10 Å². The first-order valence-corrected chi connectivity index (χ1v) is 15.1. The Labute approximate surface area is 263 Å². The maximum atomic E-state index is 12.7. The molecule has 2 heterocycles. The van der Waals surface area contributed by atoms with Crippen LogP contribution in [0.2, 0.25) is 0 Å². The van der Waals surface area contributed by atoms with Gasteiger partial charge in [0.05, 0.1) is 31.8 Å². The molecule has 0 saturated heterocycles. The minimum absolute atomic E-state index is 0.191. The number of hydrogen-bond acceptors (Lipinski definition) is 7. The molecule has 0 atom stereocenters. The van der Waals surface area contributed by atoms with Gasteiger partial charge in [0.1, 0.15) is 18.1 Å². The third-order valence-electron chi connectivity index (χ3n) is 8.08. The number of methoxy groups -OCH3 is 2. The summed E-state index contributed by atoms with van der Waals surface area (Å²) in [6, 6.07) is 27.4. The molecule has 230 valence electrons. The van der Waals surface area contributed by atoms with Crippen LogP contribution in [0.15, 0.2) is 91.1 Å². The molecule has 0 spiro atoms. The Morgan fingerprint density at radius 3 is 2.38 bits per heavy atom. The van der Waals surface area contributed by atoms with Crippen molar-refractivity contribution in [3.63, 3.8) is 0 Å². The number of amides is 1. The molecule has 1 aliphatic heterocycles. The van der Waals surface area contributed by atoms with E-state index >= 15 is 0 Å². The second kappa shape index (κ2) is 13.7. The molecule has 0 radical (unpaired) electrons. The number of benzene rings is 4. The van der Waals surface area contributed by atoms with Crippen LogP contribution in [0.4, 0.5) is 5.69 Å². The Balaban J connectivity index is 1.02. The summed E-state index contributed by atoms with van der Waals surface area (Å²) in [6.07, 6.45) is 3.82. The van der Waals surface area contributed by atoms with Gasteiger partial charge in [-0.2, -0.15) is 0 Å². The summed E-state index contributed by atoms with van der Waals surface area (Å²) in [5, 5.41) is 11.5. The number of nitrogens with zero attached hydrogens (tertiary/aromatic N) is 4. The van der Waals surface area contributed by atoms with Crippen molar-refractivity contribution in [1.29, 1.82) is 0 Å². The van der Waals surface area contributed by atoms with Crippen molar-refractivity contribution in [2.45, 2.75) is 32.9 Å². The van der Waals surface area contributed by atoms with Gasteiger partial charge in [-0.1, -0.05) is 47.2 Å². The van der Waals surface area contributed by atoms with Crippen LogP contribution < -0.4 is 19.5 Å². The van der Waals surface area contributed by atoms with Gasteiger partial charge in [0.2, 0.25) is 0 Å². The highest BCUT2D eigenvalue weighted by atomic mass is 16.5. The molecule has 4 aromatic carbocycles.